The van der Waals surface area contributed by atoms with Crippen molar-refractivity contribution in [1.82, 2.24) is 4.90 Å². The van der Waals surface area contributed by atoms with Gasteiger partial charge in [0.25, 0.3) is 0 Å². The number of amides is 5. The molecule has 0 saturated heterocycles. The molecule has 2 saturated carbocycles. The van der Waals surface area contributed by atoms with E-state index in [2.05, 4.69) is 5.32 Å². The Balaban J connectivity index is 1.47. The first-order valence-electron chi connectivity index (χ1n) is 14.5. The molecule has 2 aliphatic carbocycles. The molecular formula is C31H36N4O6. The van der Waals surface area contributed by atoms with Gasteiger partial charge >= 0.3 is 18.0 Å². The minimum atomic E-state index is -1.14. The molecule has 2 fully saturated rings. The average Bonchev–Trinajstić information content (AvgIpc) is 3.07. The van der Waals surface area contributed by atoms with Crippen molar-refractivity contribution in [2.75, 3.05) is 28.2 Å². The lowest BCUT2D eigenvalue weighted by atomic mass is 9.86. The van der Waals surface area contributed by atoms with Gasteiger partial charge in [0.2, 0.25) is 5.91 Å². The summed E-state index contributed by atoms with van der Waals surface area (Å²) in [7, 11) is 0. The van der Waals surface area contributed by atoms with Crippen LogP contribution in [-0.2, 0) is 9.59 Å². The van der Waals surface area contributed by atoms with E-state index >= 15 is 0 Å². The highest BCUT2D eigenvalue weighted by Gasteiger charge is 2.42. The van der Waals surface area contributed by atoms with Crippen molar-refractivity contribution in [3.05, 3.63) is 54.1 Å². The summed E-state index contributed by atoms with van der Waals surface area (Å²) in [5.74, 6) is -1.96. The third-order valence-electron chi connectivity index (χ3n) is 8.34. The van der Waals surface area contributed by atoms with E-state index < -0.39 is 30.5 Å². The SMILES string of the molecule is O=C(CN1C(=O)N(CC(=O)C2CCCCC2)c2ccccc2N(C2CCCCC2)C1=O)Nc1cccc(C(=O)O)c1. The number of carboxylic acid groups (broad SMARTS) is 1. The quantitative estimate of drug-likeness (QED) is 0.428. The highest BCUT2D eigenvalue weighted by molar-refractivity contribution is 6.16. The normalized spacial score (nSPS) is 18.6. The first-order chi connectivity index (χ1) is 19.8. The zero-order chi connectivity index (χ0) is 28.9. The zero-order valence-corrected chi connectivity index (χ0v) is 23.1. The number of anilines is 3. The number of imide groups is 1. The fourth-order valence-corrected chi connectivity index (χ4v) is 6.22. The molecule has 10 nitrogen and oxygen atoms in total. The number of para-hydroxylation sites is 2. The summed E-state index contributed by atoms with van der Waals surface area (Å²) in [6.45, 7) is -0.759. The van der Waals surface area contributed by atoms with Crippen LogP contribution < -0.4 is 15.1 Å². The number of Topliss-reactive ketones (excluding diaryl/α,β-unsaturated/α-hetero) is 1. The van der Waals surface area contributed by atoms with Crippen LogP contribution in [0.3, 0.4) is 0 Å². The lowest BCUT2D eigenvalue weighted by Gasteiger charge is -2.35. The van der Waals surface area contributed by atoms with Gasteiger partial charge in [-0.15, -0.1) is 0 Å². The van der Waals surface area contributed by atoms with Gasteiger partial charge in [-0.2, -0.15) is 0 Å². The van der Waals surface area contributed by atoms with Crippen LogP contribution >= 0.6 is 0 Å². The van der Waals surface area contributed by atoms with Crippen LogP contribution in [0.15, 0.2) is 48.5 Å². The maximum absolute atomic E-state index is 14.1. The number of fused-ring (bicyclic) bond motifs is 1. The number of carbonyl (C=O) groups is 5. The number of hydrogen-bond donors (Lipinski definition) is 2. The largest absolute Gasteiger partial charge is 0.478 e. The Kier molecular flexibility index (Phi) is 8.66. The van der Waals surface area contributed by atoms with Crippen molar-refractivity contribution in [3.8, 4) is 0 Å². The highest BCUT2D eigenvalue weighted by Crippen LogP contribution is 2.38. The summed E-state index contributed by atoms with van der Waals surface area (Å²) < 4.78 is 0. The summed E-state index contributed by atoms with van der Waals surface area (Å²) in [5, 5.41) is 11.9. The monoisotopic (exact) mass is 560 g/mol. The van der Waals surface area contributed by atoms with Crippen LogP contribution in [0.4, 0.5) is 26.7 Å². The molecule has 0 aromatic heterocycles. The average molecular weight is 561 g/mol. The molecule has 3 aliphatic rings. The Labute approximate surface area is 239 Å². The van der Waals surface area contributed by atoms with E-state index in [-0.39, 0.29) is 35.5 Å². The Morgan fingerprint density at radius 2 is 1.41 bits per heavy atom. The van der Waals surface area contributed by atoms with Gasteiger partial charge in [-0.3, -0.25) is 19.4 Å². The zero-order valence-electron chi connectivity index (χ0n) is 23.1. The van der Waals surface area contributed by atoms with E-state index in [1.54, 1.807) is 23.1 Å². The highest BCUT2D eigenvalue weighted by atomic mass is 16.4. The smallest absolute Gasteiger partial charge is 0.335 e. The number of carboxylic acids is 1. The van der Waals surface area contributed by atoms with Gasteiger partial charge in [0.05, 0.1) is 23.5 Å². The van der Waals surface area contributed by atoms with E-state index in [4.69, 9.17) is 0 Å². The number of urea groups is 2. The molecule has 2 aromatic carbocycles. The van der Waals surface area contributed by atoms with Crippen molar-refractivity contribution in [2.45, 2.75) is 70.3 Å². The summed E-state index contributed by atoms with van der Waals surface area (Å²) >= 11 is 0. The van der Waals surface area contributed by atoms with E-state index in [9.17, 15) is 29.1 Å². The van der Waals surface area contributed by atoms with Crippen LogP contribution in [0.25, 0.3) is 0 Å². The van der Waals surface area contributed by atoms with Gasteiger partial charge in [0.1, 0.15) is 6.54 Å². The minimum Gasteiger partial charge on any atom is -0.478 e. The van der Waals surface area contributed by atoms with Crippen LogP contribution in [0.5, 0.6) is 0 Å². The van der Waals surface area contributed by atoms with Crippen molar-refractivity contribution >= 4 is 46.8 Å². The molecule has 0 unspecified atom stereocenters. The first-order valence-corrected chi connectivity index (χ1v) is 14.5. The molecule has 41 heavy (non-hydrogen) atoms. The Morgan fingerprint density at radius 3 is 2.10 bits per heavy atom. The van der Waals surface area contributed by atoms with Crippen LogP contribution in [-0.4, -0.2) is 58.9 Å². The molecule has 1 aliphatic heterocycles. The third-order valence-corrected chi connectivity index (χ3v) is 8.34. The number of nitrogens with zero attached hydrogens (tertiary/aromatic N) is 3. The van der Waals surface area contributed by atoms with Gasteiger partial charge in [-0.1, -0.05) is 56.7 Å². The number of ketones is 1. The van der Waals surface area contributed by atoms with Gasteiger partial charge < -0.3 is 10.4 Å². The molecule has 5 amide bonds. The molecule has 10 heteroatoms. The molecule has 0 atom stereocenters. The second-order valence-electron chi connectivity index (χ2n) is 11.1. The molecule has 0 bridgehead atoms. The van der Waals surface area contributed by atoms with Crippen molar-refractivity contribution < 1.29 is 29.1 Å². The maximum atomic E-state index is 14.1. The van der Waals surface area contributed by atoms with Crippen LogP contribution in [0.1, 0.15) is 74.6 Å². The van der Waals surface area contributed by atoms with E-state index in [1.807, 2.05) is 6.07 Å². The second-order valence-corrected chi connectivity index (χ2v) is 11.1. The van der Waals surface area contributed by atoms with Crippen LogP contribution in [0, 0.1) is 5.92 Å². The standard InChI is InChI=1S/C31H36N4O6/c36-27(21-10-3-1-4-11-21)19-33-25-16-7-8-17-26(25)35(24-14-5-2-6-15-24)31(41)34(30(33)40)20-28(37)32-23-13-9-12-22(18-23)29(38)39/h7-9,12-13,16-18,21,24H,1-6,10-11,14-15,19-20H2,(H,32,37)(H,38,39). The maximum Gasteiger partial charge on any atom is 0.335 e. The van der Waals surface area contributed by atoms with E-state index in [0.29, 0.717) is 11.4 Å². The Hall–Kier alpha value is -4.21. The first kappa shape index (κ1) is 28.3. The molecule has 216 valence electrons. The summed E-state index contributed by atoms with van der Waals surface area (Å²) in [6.07, 6.45) is 9.15. The predicted octanol–water partition coefficient (Wildman–Crippen LogP) is 5.67. The van der Waals surface area contributed by atoms with Gasteiger partial charge in [-0.25, -0.2) is 19.3 Å². The lowest BCUT2D eigenvalue weighted by molar-refractivity contribution is -0.122. The van der Waals surface area contributed by atoms with Gasteiger partial charge in [0, 0.05) is 17.6 Å². The van der Waals surface area contributed by atoms with E-state index in [1.165, 1.54) is 29.2 Å². The van der Waals surface area contributed by atoms with E-state index in [0.717, 1.165) is 69.1 Å². The van der Waals surface area contributed by atoms with Crippen molar-refractivity contribution in [1.29, 1.82) is 0 Å². The predicted molar refractivity (Wildman–Crippen MR) is 154 cm³/mol. The Morgan fingerprint density at radius 1 is 0.756 bits per heavy atom. The molecular weight excluding hydrogens is 524 g/mol. The summed E-state index contributed by atoms with van der Waals surface area (Å²) in [5.41, 5.74) is 1.28. The van der Waals surface area contributed by atoms with Gasteiger partial charge in [-0.05, 0) is 56.0 Å². The number of rotatable bonds is 8. The van der Waals surface area contributed by atoms with Gasteiger partial charge in [0.15, 0.2) is 5.78 Å². The van der Waals surface area contributed by atoms with Crippen molar-refractivity contribution in [3.63, 3.8) is 0 Å². The fourth-order valence-electron chi connectivity index (χ4n) is 6.22. The molecule has 0 radical (unpaired) electrons. The fraction of sp³-hybridized carbons (Fsp3) is 0.452. The number of nitrogens with one attached hydrogen (secondary N) is 1. The van der Waals surface area contributed by atoms with Crippen LogP contribution in [0.2, 0.25) is 0 Å². The topological polar surface area (TPSA) is 127 Å². The van der Waals surface area contributed by atoms with Crippen molar-refractivity contribution in [2.24, 2.45) is 5.92 Å². The number of hydrogen-bond acceptors (Lipinski definition) is 5. The molecule has 1 heterocycles. The number of benzene rings is 2. The lowest BCUT2D eigenvalue weighted by Crippen LogP contribution is -2.54. The number of carbonyl (C=O) groups excluding carboxylic acids is 4. The Bertz CT molecular complexity index is 1330. The number of aromatic carboxylic acids is 1. The summed E-state index contributed by atoms with van der Waals surface area (Å²) in [6, 6.07) is 11.4. The summed E-state index contributed by atoms with van der Waals surface area (Å²) in [4.78, 5) is 70.1. The molecule has 0 spiro atoms. The second kappa shape index (κ2) is 12.5. The molecule has 5 rings (SSSR count). The molecule has 2 N–H and O–H groups in total. The minimum absolute atomic E-state index is 0.00366. The third kappa shape index (κ3) is 6.26. The molecule has 2 aromatic rings.